The van der Waals surface area contributed by atoms with E-state index in [1.54, 1.807) is 24.3 Å². The normalized spacial score (nSPS) is 10.2. The van der Waals surface area contributed by atoms with Crippen LogP contribution in [0.25, 0.3) is 12.2 Å². The minimum Gasteiger partial charge on any atom is -0.258 e. The van der Waals surface area contributed by atoms with E-state index in [9.17, 15) is 14.9 Å². The topological polar surface area (TPSA) is 72.6 Å². The largest absolute Gasteiger partial charge is 0.269 e. The lowest BCUT2D eigenvalue weighted by molar-refractivity contribution is -0.384. The van der Waals surface area contributed by atoms with Gasteiger partial charge in [-0.1, -0.05) is 24.3 Å². The zero-order chi connectivity index (χ0) is 14.4. The number of benzene rings is 2. The summed E-state index contributed by atoms with van der Waals surface area (Å²) in [6.45, 7) is 0. The van der Waals surface area contributed by atoms with Crippen LogP contribution in [0.5, 0.6) is 0 Å². The van der Waals surface area contributed by atoms with Gasteiger partial charge in [-0.25, -0.2) is 4.79 Å². The maximum atomic E-state index is 10.5. The molecule has 0 spiro atoms. The fraction of sp³-hybridized carbons (Fsp3) is 0. The first kappa shape index (κ1) is 13.4. The molecule has 0 bridgehead atoms. The van der Waals surface area contributed by atoms with Crippen LogP contribution in [-0.2, 0) is 4.79 Å². The lowest BCUT2D eigenvalue weighted by Crippen LogP contribution is -1.86. The van der Waals surface area contributed by atoms with E-state index >= 15 is 0 Å². The van der Waals surface area contributed by atoms with E-state index in [-0.39, 0.29) is 5.69 Å². The molecule has 0 amide bonds. The van der Waals surface area contributed by atoms with Crippen LogP contribution in [0, 0.1) is 10.1 Å². The van der Waals surface area contributed by atoms with Crippen molar-refractivity contribution in [3.05, 3.63) is 69.8 Å². The predicted molar refractivity (Wildman–Crippen MR) is 76.2 cm³/mol. The highest BCUT2D eigenvalue weighted by Crippen LogP contribution is 2.16. The van der Waals surface area contributed by atoms with Crippen LogP contribution in [0.15, 0.2) is 53.5 Å². The van der Waals surface area contributed by atoms with Gasteiger partial charge < -0.3 is 0 Å². The van der Waals surface area contributed by atoms with E-state index < -0.39 is 4.92 Å². The zero-order valence-electron chi connectivity index (χ0n) is 10.4. The van der Waals surface area contributed by atoms with Gasteiger partial charge in [0.2, 0.25) is 6.08 Å². The van der Waals surface area contributed by atoms with Crippen molar-refractivity contribution in [2.75, 3.05) is 0 Å². The monoisotopic (exact) mass is 266 g/mol. The number of hydrogen-bond acceptors (Lipinski definition) is 4. The Bertz CT molecular complexity index is 635. The lowest BCUT2D eigenvalue weighted by Gasteiger charge is -1.96. The average molecular weight is 266 g/mol. The number of carbonyl (C=O) groups excluding carboxylic acids is 1. The van der Waals surface area contributed by atoms with E-state index in [0.717, 1.165) is 11.1 Å². The maximum Gasteiger partial charge on any atom is 0.269 e. The highest BCUT2D eigenvalue weighted by Gasteiger charge is 2.02. The lowest BCUT2D eigenvalue weighted by atomic mass is 10.1. The van der Waals surface area contributed by atoms with Crippen LogP contribution in [0.2, 0.25) is 0 Å². The van der Waals surface area contributed by atoms with Crippen LogP contribution in [0.3, 0.4) is 0 Å². The maximum absolute atomic E-state index is 10.5. The summed E-state index contributed by atoms with van der Waals surface area (Å²) < 4.78 is 0. The van der Waals surface area contributed by atoms with Gasteiger partial charge in [0.15, 0.2) is 0 Å². The minimum absolute atomic E-state index is 0.0678. The smallest absolute Gasteiger partial charge is 0.258 e. The van der Waals surface area contributed by atoms with Gasteiger partial charge >= 0.3 is 0 Å². The van der Waals surface area contributed by atoms with Crippen LogP contribution in [0.1, 0.15) is 11.1 Å². The fourth-order valence-electron chi connectivity index (χ4n) is 1.61. The summed E-state index contributed by atoms with van der Waals surface area (Å²) >= 11 is 0. The molecule has 0 N–H and O–H groups in total. The van der Waals surface area contributed by atoms with Crippen molar-refractivity contribution >= 4 is 29.6 Å². The Hall–Kier alpha value is -3.04. The van der Waals surface area contributed by atoms with Crippen LogP contribution >= 0.6 is 0 Å². The first-order valence-electron chi connectivity index (χ1n) is 5.79. The van der Waals surface area contributed by atoms with Crippen LogP contribution < -0.4 is 0 Å². The molecule has 0 saturated carbocycles. The van der Waals surface area contributed by atoms with Gasteiger partial charge in [-0.3, -0.25) is 10.1 Å². The zero-order valence-corrected chi connectivity index (χ0v) is 10.4. The van der Waals surface area contributed by atoms with Gasteiger partial charge in [0.1, 0.15) is 0 Å². The molecule has 5 heteroatoms. The summed E-state index contributed by atoms with van der Waals surface area (Å²) in [4.78, 5) is 23.7. The van der Waals surface area contributed by atoms with Crippen molar-refractivity contribution in [1.82, 2.24) is 0 Å². The average Bonchev–Trinajstić information content (AvgIpc) is 2.47. The third kappa shape index (κ3) is 3.48. The molecule has 20 heavy (non-hydrogen) atoms. The van der Waals surface area contributed by atoms with E-state index in [1.807, 2.05) is 24.3 Å². The molecule has 0 heterocycles. The van der Waals surface area contributed by atoms with Crippen molar-refractivity contribution in [2.24, 2.45) is 4.99 Å². The Kier molecular flexibility index (Phi) is 4.17. The molecular weight excluding hydrogens is 256 g/mol. The molecular formula is C15H10N2O3. The quantitative estimate of drug-likeness (QED) is 0.278. The predicted octanol–water partition coefficient (Wildman–Crippen LogP) is 3.73. The highest BCUT2D eigenvalue weighted by atomic mass is 16.6. The fourth-order valence-corrected chi connectivity index (χ4v) is 1.61. The Balaban J connectivity index is 2.12. The summed E-state index contributed by atoms with van der Waals surface area (Å²) in [6, 6.07) is 13.3. The number of hydrogen-bond donors (Lipinski definition) is 0. The van der Waals surface area contributed by atoms with E-state index in [2.05, 4.69) is 4.99 Å². The Morgan fingerprint density at radius 1 is 0.950 bits per heavy atom. The standard InChI is InChI=1S/C15H10N2O3/c18-11-16-14-7-3-12(4-8-14)1-2-13-5-9-15(10-6-13)17(19)20/h1-10H. The summed E-state index contributed by atoms with van der Waals surface area (Å²) in [5.41, 5.74) is 2.42. The van der Waals surface area contributed by atoms with Crippen molar-refractivity contribution in [2.45, 2.75) is 0 Å². The molecule has 5 nitrogen and oxygen atoms in total. The molecule has 2 rings (SSSR count). The number of nitro benzene ring substituents is 1. The van der Waals surface area contributed by atoms with Crippen molar-refractivity contribution in [3.63, 3.8) is 0 Å². The van der Waals surface area contributed by atoms with Crippen molar-refractivity contribution in [1.29, 1.82) is 0 Å². The Labute approximate surface area is 115 Å². The molecule has 2 aromatic rings. The van der Waals surface area contributed by atoms with E-state index in [1.165, 1.54) is 18.2 Å². The molecule has 0 aliphatic rings. The second-order valence-corrected chi connectivity index (χ2v) is 3.98. The van der Waals surface area contributed by atoms with E-state index in [0.29, 0.717) is 5.69 Å². The van der Waals surface area contributed by atoms with Gasteiger partial charge in [0.05, 0.1) is 10.6 Å². The second kappa shape index (κ2) is 6.22. The molecule has 0 fully saturated rings. The SMILES string of the molecule is O=C=Nc1ccc(C=Cc2ccc([N+](=O)[O-])cc2)cc1. The van der Waals surface area contributed by atoms with Crippen molar-refractivity contribution < 1.29 is 9.72 Å². The summed E-state index contributed by atoms with van der Waals surface area (Å²) in [5.74, 6) is 0. The molecule has 98 valence electrons. The van der Waals surface area contributed by atoms with Gasteiger partial charge in [-0.2, -0.15) is 4.99 Å². The van der Waals surface area contributed by atoms with E-state index in [4.69, 9.17) is 0 Å². The van der Waals surface area contributed by atoms with Crippen molar-refractivity contribution in [3.8, 4) is 0 Å². The van der Waals surface area contributed by atoms with Gasteiger partial charge in [-0.15, -0.1) is 0 Å². The van der Waals surface area contributed by atoms with Gasteiger partial charge in [0, 0.05) is 12.1 Å². The summed E-state index contributed by atoms with van der Waals surface area (Å²) in [5, 5.41) is 10.5. The molecule has 0 aliphatic heterocycles. The van der Waals surface area contributed by atoms with Gasteiger partial charge in [-0.05, 0) is 35.4 Å². The molecule has 0 aliphatic carbocycles. The minimum atomic E-state index is -0.431. The molecule has 0 unspecified atom stereocenters. The Morgan fingerprint density at radius 3 is 1.90 bits per heavy atom. The summed E-state index contributed by atoms with van der Waals surface area (Å²) in [7, 11) is 0. The summed E-state index contributed by atoms with van der Waals surface area (Å²) in [6.07, 6.45) is 5.20. The highest BCUT2D eigenvalue weighted by molar-refractivity contribution is 5.70. The molecule has 0 saturated heterocycles. The third-order valence-electron chi connectivity index (χ3n) is 2.64. The van der Waals surface area contributed by atoms with Crippen LogP contribution in [-0.4, -0.2) is 11.0 Å². The third-order valence-corrected chi connectivity index (χ3v) is 2.64. The van der Waals surface area contributed by atoms with Crippen LogP contribution in [0.4, 0.5) is 11.4 Å². The number of non-ortho nitro benzene ring substituents is 1. The van der Waals surface area contributed by atoms with Gasteiger partial charge in [0.25, 0.3) is 5.69 Å². The molecule has 2 aromatic carbocycles. The number of nitro groups is 1. The number of rotatable bonds is 4. The number of isocyanates is 1. The molecule has 0 atom stereocenters. The second-order valence-electron chi connectivity index (χ2n) is 3.98. The first-order valence-corrected chi connectivity index (χ1v) is 5.79. The number of nitrogens with zero attached hydrogens (tertiary/aromatic N) is 2. The molecule has 0 aromatic heterocycles. The number of aliphatic imine (C=N–C) groups is 1. The first-order chi connectivity index (χ1) is 9.69. The Morgan fingerprint density at radius 2 is 1.45 bits per heavy atom. The molecule has 0 radical (unpaired) electrons.